The van der Waals surface area contributed by atoms with Crippen LogP contribution < -0.4 is 4.74 Å². The van der Waals surface area contributed by atoms with Gasteiger partial charge in [-0.2, -0.15) is 13.2 Å². The highest BCUT2D eigenvalue weighted by atomic mass is 19.4. The predicted octanol–water partition coefficient (Wildman–Crippen LogP) is 3.32. The molecule has 3 rings (SSSR count). The SMILES string of the molecule is O=C(Cc1ccc(C(F)(F)F)cc1)N1CC[C@@H](Oc2ccncc2)C1. The summed E-state index contributed by atoms with van der Waals surface area (Å²) in [5.74, 6) is 0.595. The average molecular weight is 350 g/mol. The molecule has 25 heavy (non-hydrogen) atoms. The summed E-state index contributed by atoms with van der Waals surface area (Å²) in [5, 5.41) is 0. The molecule has 0 bridgehead atoms. The number of pyridine rings is 1. The zero-order valence-electron chi connectivity index (χ0n) is 13.4. The smallest absolute Gasteiger partial charge is 0.416 e. The molecule has 1 amide bonds. The average Bonchev–Trinajstić information content (AvgIpc) is 3.04. The highest BCUT2D eigenvalue weighted by Crippen LogP contribution is 2.29. The summed E-state index contributed by atoms with van der Waals surface area (Å²) in [5.41, 5.74) is -0.146. The molecule has 0 saturated carbocycles. The Bertz CT molecular complexity index is 717. The molecule has 132 valence electrons. The number of aromatic nitrogens is 1. The van der Waals surface area contributed by atoms with Crippen molar-refractivity contribution in [3.63, 3.8) is 0 Å². The molecular formula is C18H17F3N2O2. The molecule has 1 atom stereocenters. The molecule has 0 N–H and O–H groups in total. The number of hydrogen-bond acceptors (Lipinski definition) is 3. The van der Waals surface area contributed by atoms with Crippen LogP contribution in [0.15, 0.2) is 48.8 Å². The summed E-state index contributed by atoms with van der Waals surface area (Å²) in [4.78, 5) is 17.9. The van der Waals surface area contributed by atoms with Crippen molar-refractivity contribution in [2.45, 2.75) is 25.1 Å². The molecule has 1 aromatic heterocycles. The van der Waals surface area contributed by atoms with E-state index in [0.717, 1.165) is 18.6 Å². The van der Waals surface area contributed by atoms with Crippen molar-refractivity contribution in [1.29, 1.82) is 0 Å². The molecule has 1 saturated heterocycles. The summed E-state index contributed by atoms with van der Waals surface area (Å²) >= 11 is 0. The number of benzene rings is 1. The van der Waals surface area contributed by atoms with E-state index in [0.29, 0.717) is 24.4 Å². The highest BCUT2D eigenvalue weighted by molar-refractivity contribution is 5.79. The van der Waals surface area contributed by atoms with E-state index >= 15 is 0 Å². The van der Waals surface area contributed by atoms with Gasteiger partial charge in [-0.1, -0.05) is 12.1 Å². The van der Waals surface area contributed by atoms with Gasteiger partial charge < -0.3 is 9.64 Å². The van der Waals surface area contributed by atoms with Crippen LogP contribution in [-0.4, -0.2) is 35.0 Å². The van der Waals surface area contributed by atoms with E-state index in [1.54, 1.807) is 29.4 Å². The molecule has 1 aromatic carbocycles. The van der Waals surface area contributed by atoms with Gasteiger partial charge in [0.2, 0.25) is 5.91 Å². The fourth-order valence-electron chi connectivity index (χ4n) is 2.76. The van der Waals surface area contributed by atoms with E-state index in [1.807, 2.05) is 0 Å². The largest absolute Gasteiger partial charge is 0.488 e. The van der Waals surface area contributed by atoms with Gasteiger partial charge in [-0.3, -0.25) is 9.78 Å². The van der Waals surface area contributed by atoms with Crippen LogP contribution in [0.5, 0.6) is 5.75 Å². The Kier molecular flexibility index (Phi) is 4.92. The summed E-state index contributed by atoms with van der Waals surface area (Å²) < 4.78 is 43.5. The van der Waals surface area contributed by atoms with Crippen molar-refractivity contribution in [3.05, 3.63) is 59.9 Å². The highest BCUT2D eigenvalue weighted by Gasteiger charge is 2.30. The van der Waals surface area contributed by atoms with Crippen LogP contribution in [0.1, 0.15) is 17.5 Å². The summed E-state index contributed by atoms with van der Waals surface area (Å²) in [6.45, 7) is 1.05. The number of ether oxygens (including phenoxy) is 1. The van der Waals surface area contributed by atoms with Gasteiger partial charge in [0.25, 0.3) is 0 Å². The van der Waals surface area contributed by atoms with Crippen LogP contribution in [-0.2, 0) is 17.4 Å². The minimum absolute atomic E-state index is 0.0834. The van der Waals surface area contributed by atoms with Crippen LogP contribution in [0.3, 0.4) is 0 Å². The first-order valence-corrected chi connectivity index (χ1v) is 7.92. The zero-order valence-corrected chi connectivity index (χ0v) is 13.4. The van der Waals surface area contributed by atoms with Gasteiger partial charge in [-0.15, -0.1) is 0 Å². The molecular weight excluding hydrogens is 333 g/mol. The third-order valence-corrected chi connectivity index (χ3v) is 4.09. The second-order valence-corrected chi connectivity index (χ2v) is 5.92. The molecule has 1 fully saturated rings. The van der Waals surface area contributed by atoms with Gasteiger partial charge in [0.15, 0.2) is 0 Å². The maximum absolute atomic E-state index is 12.6. The monoisotopic (exact) mass is 350 g/mol. The van der Waals surface area contributed by atoms with Crippen molar-refractivity contribution in [1.82, 2.24) is 9.88 Å². The van der Waals surface area contributed by atoms with E-state index in [2.05, 4.69) is 4.98 Å². The lowest BCUT2D eigenvalue weighted by Gasteiger charge is -2.17. The number of hydrogen-bond donors (Lipinski definition) is 0. The number of likely N-dealkylation sites (tertiary alicyclic amines) is 1. The predicted molar refractivity (Wildman–Crippen MR) is 85.0 cm³/mol. The molecule has 0 unspecified atom stereocenters. The molecule has 1 aliphatic rings. The number of nitrogens with zero attached hydrogens (tertiary/aromatic N) is 2. The van der Waals surface area contributed by atoms with Crippen LogP contribution >= 0.6 is 0 Å². The van der Waals surface area contributed by atoms with Gasteiger partial charge in [0, 0.05) is 25.4 Å². The summed E-state index contributed by atoms with van der Waals surface area (Å²) in [6, 6.07) is 8.22. The van der Waals surface area contributed by atoms with Gasteiger partial charge in [0.05, 0.1) is 18.5 Å². The zero-order chi connectivity index (χ0) is 17.9. The number of carbonyl (C=O) groups is 1. The third kappa shape index (κ3) is 4.49. The van der Waals surface area contributed by atoms with Gasteiger partial charge in [-0.05, 0) is 29.8 Å². The molecule has 0 aliphatic carbocycles. The Balaban J connectivity index is 1.54. The Morgan fingerprint density at radius 2 is 1.84 bits per heavy atom. The molecule has 0 spiro atoms. The quantitative estimate of drug-likeness (QED) is 0.850. The Morgan fingerprint density at radius 3 is 2.48 bits per heavy atom. The number of halogens is 3. The van der Waals surface area contributed by atoms with Crippen molar-refractivity contribution in [2.24, 2.45) is 0 Å². The lowest BCUT2D eigenvalue weighted by Crippen LogP contribution is -2.32. The van der Waals surface area contributed by atoms with Crippen molar-refractivity contribution < 1.29 is 22.7 Å². The third-order valence-electron chi connectivity index (χ3n) is 4.09. The maximum atomic E-state index is 12.6. The molecule has 7 heteroatoms. The Morgan fingerprint density at radius 1 is 1.16 bits per heavy atom. The van der Waals surface area contributed by atoms with Gasteiger partial charge >= 0.3 is 6.18 Å². The Hall–Kier alpha value is -2.57. The topological polar surface area (TPSA) is 42.4 Å². The van der Waals surface area contributed by atoms with Crippen molar-refractivity contribution in [2.75, 3.05) is 13.1 Å². The minimum atomic E-state index is -4.37. The number of rotatable bonds is 4. The van der Waals surface area contributed by atoms with Crippen LogP contribution in [0.25, 0.3) is 0 Å². The first kappa shape index (κ1) is 17.3. The molecule has 1 aliphatic heterocycles. The summed E-state index contributed by atoms with van der Waals surface area (Å²) in [6.07, 6.45) is -0.370. The Labute approximate surface area is 143 Å². The van der Waals surface area contributed by atoms with E-state index in [9.17, 15) is 18.0 Å². The number of amides is 1. The van der Waals surface area contributed by atoms with E-state index in [-0.39, 0.29) is 18.4 Å². The lowest BCUT2D eigenvalue weighted by atomic mass is 10.1. The maximum Gasteiger partial charge on any atom is 0.416 e. The van der Waals surface area contributed by atoms with Gasteiger partial charge in [-0.25, -0.2) is 0 Å². The van der Waals surface area contributed by atoms with Crippen LogP contribution in [0, 0.1) is 0 Å². The van der Waals surface area contributed by atoms with Gasteiger partial charge in [0.1, 0.15) is 11.9 Å². The fraction of sp³-hybridized carbons (Fsp3) is 0.333. The fourth-order valence-corrected chi connectivity index (χ4v) is 2.76. The van der Waals surface area contributed by atoms with Crippen LogP contribution in [0.2, 0.25) is 0 Å². The van der Waals surface area contributed by atoms with Crippen molar-refractivity contribution >= 4 is 5.91 Å². The number of carbonyl (C=O) groups excluding carboxylic acids is 1. The number of alkyl halides is 3. The van der Waals surface area contributed by atoms with Crippen molar-refractivity contribution in [3.8, 4) is 5.75 Å². The summed E-state index contributed by atoms with van der Waals surface area (Å²) in [7, 11) is 0. The van der Waals surface area contributed by atoms with E-state index < -0.39 is 11.7 Å². The minimum Gasteiger partial charge on any atom is -0.488 e. The van der Waals surface area contributed by atoms with E-state index in [1.165, 1.54) is 12.1 Å². The normalized spacial score (nSPS) is 17.6. The molecule has 2 aromatic rings. The molecule has 4 nitrogen and oxygen atoms in total. The first-order valence-electron chi connectivity index (χ1n) is 7.92. The standard InChI is InChI=1S/C18H17F3N2O2/c19-18(20,21)14-3-1-13(2-4-14)11-17(24)23-10-7-16(12-23)25-15-5-8-22-9-6-15/h1-6,8-9,16H,7,10-12H2/t16-/m1/s1. The van der Waals surface area contributed by atoms with E-state index in [4.69, 9.17) is 4.74 Å². The lowest BCUT2D eigenvalue weighted by molar-refractivity contribution is -0.137. The first-order chi connectivity index (χ1) is 11.9. The van der Waals surface area contributed by atoms with Crippen LogP contribution in [0.4, 0.5) is 13.2 Å². The molecule has 0 radical (unpaired) electrons. The second-order valence-electron chi connectivity index (χ2n) is 5.92. The molecule has 2 heterocycles. The second kappa shape index (κ2) is 7.13.